The van der Waals surface area contributed by atoms with E-state index in [4.69, 9.17) is 27.5 Å². The van der Waals surface area contributed by atoms with Crippen molar-refractivity contribution >= 4 is 46.2 Å². The van der Waals surface area contributed by atoms with Gasteiger partial charge in [-0.1, -0.05) is 29.5 Å². The number of amides is 2. The molecule has 10 heteroatoms. The van der Waals surface area contributed by atoms with Gasteiger partial charge in [-0.05, 0) is 82.9 Å². The van der Waals surface area contributed by atoms with E-state index in [9.17, 15) is 9.59 Å². The number of hydrogen-bond acceptors (Lipinski definition) is 6. The van der Waals surface area contributed by atoms with Crippen molar-refractivity contribution in [2.24, 2.45) is 0 Å². The fourth-order valence-electron chi connectivity index (χ4n) is 4.47. The third-order valence-corrected chi connectivity index (χ3v) is 6.63. The number of anilines is 1. The molecule has 6 N–H and O–H groups in total. The number of nitrogens with zero attached hydrogens (tertiary/aromatic N) is 1. The first kappa shape index (κ1) is 28.7. The molecule has 0 unspecified atom stereocenters. The molecule has 4 rings (SSSR count). The summed E-state index contributed by atoms with van der Waals surface area (Å²) in [6.45, 7) is 5.29. The van der Waals surface area contributed by atoms with Crippen LogP contribution in [0.1, 0.15) is 67.9 Å². The summed E-state index contributed by atoms with van der Waals surface area (Å²) in [5.74, 6) is 6.30. The normalized spacial score (nSPS) is 16.8. The van der Waals surface area contributed by atoms with Gasteiger partial charge in [-0.15, -0.1) is 0 Å². The Bertz CT molecular complexity index is 1470. The van der Waals surface area contributed by atoms with Crippen LogP contribution in [-0.4, -0.2) is 40.6 Å². The van der Waals surface area contributed by atoms with Crippen molar-refractivity contribution in [2.75, 3.05) is 5.73 Å². The van der Waals surface area contributed by atoms with E-state index >= 15 is 0 Å². The van der Waals surface area contributed by atoms with Crippen LogP contribution >= 0.6 is 11.6 Å². The highest BCUT2D eigenvalue weighted by Crippen LogP contribution is 2.25. The van der Waals surface area contributed by atoms with E-state index in [1.807, 2.05) is 12.1 Å². The van der Waals surface area contributed by atoms with Crippen molar-refractivity contribution < 1.29 is 14.3 Å². The quantitative estimate of drug-likeness (QED) is 0.174. The Kier molecular flexibility index (Phi) is 8.80. The lowest BCUT2D eigenvalue weighted by Crippen LogP contribution is -2.49. The second-order valence-electron chi connectivity index (χ2n) is 10.7. The summed E-state index contributed by atoms with van der Waals surface area (Å²) in [5.41, 5.74) is 7.35. The number of benzene rings is 2. The van der Waals surface area contributed by atoms with E-state index < -0.39 is 11.7 Å². The van der Waals surface area contributed by atoms with Gasteiger partial charge in [0.2, 0.25) is 0 Å². The SMILES string of the molecule is CC(C)(C)OC(=O)NC(=N)NC1CCC(NC(=O)c2ccc(C#Cc3c(N)ncc4ccc(Cl)cc34)cc2)CC1. The number of aromatic nitrogens is 1. The lowest BCUT2D eigenvalue weighted by molar-refractivity contribution is 0.0560. The van der Waals surface area contributed by atoms with Crippen LogP contribution in [0.4, 0.5) is 10.6 Å². The van der Waals surface area contributed by atoms with Gasteiger partial charge in [-0.25, -0.2) is 9.78 Å². The predicted octanol–water partition coefficient (Wildman–Crippen LogP) is 4.96. The first-order chi connectivity index (χ1) is 19.0. The standard InChI is InChI=1S/C30H33ClN6O3/c1-30(2,3)40-29(39)37-28(33)36-23-13-11-22(12-14-23)35-27(38)19-7-4-18(5-8-19)6-15-24-25-16-21(31)10-9-20(25)17-34-26(24)32/h4-5,7-10,16-17,22-23H,11-14H2,1-3H3,(H2,32,34)(H,35,38)(H3,33,36,37,39). The van der Waals surface area contributed by atoms with E-state index in [1.54, 1.807) is 57.3 Å². The highest BCUT2D eigenvalue weighted by Gasteiger charge is 2.24. The number of ether oxygens (including phenoxy) is 1. The Labute approximate surface area is 238 Å². The van der Waals surface area contributed by atoms with E-state index in [-0.39, 0.29) is 24.0 Å². The average Bonchev–Trinajstić information content (AvgIpc) is 2.88. The Morgan fingerprint density at radius 2 is 1.68 bits per heavy atom. The molecule has 0 aliphatic heterocycles. The Hall–Kier alpha value is -4.29. The minimum absolute atomic E-state index is 0.0340. The van der Waals surface area contributed by atoms with E-state index in [2.05, 4.69) is 32.8 Å². The molecule has 0 spiro atoms. The molecule has 208 valence electrons. The van der Waals surface area contributed by atoms with Gasteiger partial charge in [0.05, 0.1) is 5.56 Å². The van der Waals surface area contributed by atoms with Crippen molar-refractivity contribution in [3.8, 4) is 11.8 Å². The van der Waals surface area contributed by atoms with Gasteiger partial charge >= 0.3 is 6.09 Å². The van der Waals surface area contributed by atoms with Gasteiger partial charge in [0, 0.05) is 45.2 Å². The Morgan fingerprint density at radius 1 is 1.02 bits per heavy atom. The second kappa shape index (κ2) is 12.3. The molecule has 1 fully saturated rings. The Morgan fingerprint density at radius 3 is 2.33 bits per heavy atom. The maximum atomic E-state index is 12.8. The molecule has 40 heavy (non-hydrogen) atoms. The molecular weight excluding hydrogens is 528 g/mol. The van der Waals surface area contributed by atoms with Crippen molar-refractivity contribution in [1.29, 1.82) is 5.41 Å². The molecule has 1 aliphatic carbocycles. The Balaban J connectivity index is 1.28. The van der Waals surface area contributed by atoms with Gasteiger partial charge < -0.3 is 21.1 Å². The summed E-state index contributed by atoms with van der Waals surface area (Å²) in [4.78, 5) is 28.9. The van der Waals surface area contributed by atoms with E-state index in [1.165, 1.54) is 0 Å². The molecule has 0 radical (unpaired) electrons. The smallest absolute Gasteiger partial charge is 0.414 e. The fraction of sp³-hybridized carbons (Fsp3) is 0.333. The molecule has 2 aromatic carbocycles. The maximum Gasteiger partial charge on any atom is 0.414 e. The number of rotatable bonds is 3. The minimum atomic E-state index is -0.664. The highest BCUT2D eigenvalue weighted by molar-refractivity contribution is 6.31. The van der Waals surface area contributed by atoms with Gasteiger partial charge in [0.15, 0.2) is 5.96 Å². The first-order valence-corrected chi connectivity index (χ1v) is 13.5. The summed E-state index contributed by atoms with van der Waals surface area (Å²) in [7, 11) is 0. The molecule has 1 heterocycles. The summed E-state index contributed by atoms with van der Waals surface area (Å²) in [5, 5.41) is 18.8. The van der Waals surface area contributed by atoms with Crippen LogP contribution in [0, 0.1) is 17.3 Å². The zero-order valence-electron chi connectivity index (χ0n) is 22.7. The summed E-state index contributed by atoms with van der Waals surface area (Å²) >= 11 is 6.16. The van der Waals surface area contributed by atoms with Gasteiger partial charge in [-0.2, -0.15) is 0 Å². The number of hydrogen-bond donors (Lipinski definition) is 5. The van der Waals surface area contributed by atoms with Gasteiger partial charge in [0.1, 0.15) is 11.4 Å². The molecule has 0 saturated heterocycles. The predicted molar refractivity (Wildman–Crippen MR) is 157 cm³/mol. The number of carbonyl (C=O) groups is 2. The second-order valence-corrected chi connectivity index (χ2v) is 11.2. The number of nitrogen functional groups attached to an aromatic ring is 1. The molecule has 2 amide bonds. The number of nitrogens with two attached hydrogens (primary N) is 1. The number of fused-ring (bicyclic) bond motifs is 1. The summed E-state index contributed by atoms with van der Waals surface area (Å²) < 4.78 is 5.17. The van der Waals surface area contributed by atoms with Crippen LogP contribution in [0.2, 0.25) is 5.02 Å². The lowest BCUT2D eigenvalue weighted by atomic mass is 9.91. The van der Waals surface area contributed by atoms with Gasteiger partial charge in [0.25, 0.3) is 5.91 Å². The number of alkyl carbamates (subject to hydrolysis) is 1. The zero-order chi connectivity index (χ0) is 28.9. The van der Waals surface area contributed by atoms with Crippen LogP contribution < -0.4 is 21.7 Å². The highest BCUT2D eigenvalue weighted by atomic mass is 35.5. The molecule has 1 aliphatic rings. The molecule has 3 aromatic rings. The zero-order valence-corrected chi connectivity index (χ0v) is 23.5. The topological polar surface area (TPSA) is 142 Å². The number of halogens is 1. The minimum Gasteiger partial charge on any atom is -0.444 e. The van der Waals surface area contributed by atoms with Crippen LogP contribution in [-0.2, 0) is 4.74 Å². The summed E-state index contributed by atoms with van der Waals surface area (Å²) in [6.07, 6.45) is 4.07. The average molecular weight is 561 g/mol. The number of carbonyl (C=O) groups excluding carboxylic acids is 2. The van der Waals surface area contributed by atoms with Crippen molar-refractivity contribution in [1.82, 2.24) is 20.9 Å². The summed E-state index contributed by atoms with van der Waals surface area (Å²) in [6, 6.07) is 12.7. The van der Waals surface area contributed by atoms with Crippen molar-refractivity contribution in [3.05, 3.63) is 70.4 Å². The monoisotopic (exact) mass is 560 g/mol. The van der Waals surface area contributed by atoms with Crippen LogP contribution in [0.3, 0.4) is 0 Å². The van der Waals surface area contributed by atoms with Crippen LogP contribution in [0.25, 0.3) is 10.8 Å². The van der Waals surface area contributed by atoms with Crippen molar-refractivity contribution in [2.45, 2.75) is 64.1 Å². The molecule has 9 nitrogen and oxygen atoms in total. The first-order valence-electron chi connectivity index (χ1n) is 13.1. The number of guanidine groups is 1. The van der Waals surface area contributed by atoms with Crippen LogP contribution in [0.5, 0.6) is 0 Å². The lowest BCUT2D eigenvalue weighted by Gasteiger charge is -2.30. The van der Waals surface area contributed by atoms with Crippen molar-refractivity contribution in [3.63, 3.8) is 0 Å². The number of pyridine rings is 1. The number of nitrogens with one attached hydrogen (secondary N) is 4. The van der Waals surface area contributed by atoms with Crippen LogP contribution in [0.15, 0.2) is 48.7 Å². The largest absolute Gasteiger partial charge is 0.444 e. The maximum absolute atomic E-state index is 12.8. The molecule has 0 bridgehead atoms. The molecule has 1 saturated carbocycles. The molecule has 1 aromatic heterocycles. The van der Waals surface area contributed by atoms with Gasteiger partial charge in [-0.3, -0.25) is 15.5 Å². The fourth-order valence-corrected chi connectivity index (χ4v) is 4.64. The van der Waals surface area contributed by atoms with E-state index in [0.29, 0.717) is 22.0 Å². The molecular formula is C30H33ClN6O3. The molecule has 0 atom stereocenters. The third-order valence-electron chi connectivity index (χ3n) is 6.40. The third kappa shape index (κ3) is 7.87. The van der Waals surface area contributed by atoms with E-state index in [0.717, 1.165) is 42.0 Å².